The van der Waals surface area contributed by atoms with Gasteiger partial charge in [-0.3, -0.25) is 9.59 Å². The highest BCUT2D eigenvalue weighted by atomic mass is 35.5. The van der Waals surface area contributed by atoms with Gasteiger partial charge in [-0.25, -0.2) is 0 Å². The molecule has 2 saturated heterocycles. The highest BCUT2D eigenvalue weighted by Crippen LogP contribution is 2.39. The molecular weight excluding hydrogens is 348 g/mol. The third-order valence-corrected chi connectivity index (χ3v) is 6.29. The largest absolute Gasteiger partial charge is 0.396 e. The van der Waals surface area contributed by atoms with Gasteiger partial charge in [0.15, 0.2) is 0 Å². The van der Waals surface area contributed by atoms with Gasteiger partial charge in [-0.05, 0) is 37.8 Å². The summed E-state index contributed by atoms with van der Waals surface area (Å²) in [6.07, 6.45) is 4.00. The Hall–Kier alpha value is -1.11. The molecule has 0 saturated carbocycles. The Bertz CT molecular complexity index is 621. The first-order valence-electron chi connectivity index (χ1n) is 8.46. The molecule has 3 heterocycles. The number of amides is 2. The molecule has 1 aromatic heterocycles. The molecule has 0 aliphatic carbocycles. The van der Waals surface area contributed by atoms with Crippen LogP contribution in [-0.4, -0.2) is 59.5 Å². The zero-order valence-electron chi connectivity index (χ0n) is 13.7. The minimum absolute atomic E-state index is 0.00166. The van der Waals surface area contributed by atoms with Crippen molar-refractivity contribution >= 4 is 34.8 Å². The standard InChI is InChI=1S/C17H23ClN2O3S/c18-14-4-3-13(24-14)16(23)20-8-1-6-17(12-20)7-5-15(22)19(11-17)9-2-10-21/h3-4,21H,1-2,5-12H2/t17-/m1/s1. The normalized spacial score (nSPS) is 24.7. The summed E-state index contributed by atoms with van der Waals surface area (Å²) in [5, 5.41) is 9.03. The van der Waals surface area contributed by atoms with Crippen LogP contribution < -0.4 is 0 Å². The zero-order chi connectivity index (χ0) is 17.2. The van der Waals surface area contributed by atoms with Crippen LogP contribution in [0.15, 0.2) is 12.1 Å². The maximum Gasteiger partial charge on any atom is 0.263 e. The summed E-state index contributed by atoms with van der Waals surface area (Å²) in [7, 11) is 0. The SMILES string of the molecule is O=C1CC[C@]2(CCCN(C(=O)c3ccc(Cl)s3)C2)CN1CCCO. The van der Waals surface area contributed by atoms with E-state index in [0.717, 1.165) is 25.8 Å². The first kappa shape index (κ1) is 17.7. The number of piperidine rings is 2. The molecule has 132 valence electrons. The maximum absolute atomic E-state index is 12.7. The molecule has 0 aromatic carbocycles. The van der Waals surface area contributed by atoms with E-state index in [1.54, 1.807) is 12.1 Å². The monoisotopic (exact) mass is 370 g/mol. The van der Waals surface area contributed by atoms with Gasteiger partial charge in [-0.1, -0.05) is 11.6 Å². The number of hydrogen-bond acceptors (Lipinski definition) is 4. The average Bonchev–Trinajstić information content (AvgIpc) is 3.02. The number of carbonyl (C=O) groups is 2. The van der Waals surface area contributed by atoms with Crippen molar-refractivity contribution in [3.05, 3.63) is 21.3 Å². The van der Waals surface area contributed by atoms with Crippen LogP contribution >= 0.6 is 22.9 Å². The van der Waals surface area contributed by atoms with Crippen molar-refractivity contribution < 1.29 is 14.7 Å². The quantitative estimate of drug-likeness (QED) is 0.886. The van der Waals surface area contributed by atoms with Gasteiger partial charge in [0.25, 0.3) is 5.91 Å². The topological polar surface area (TPSA) is 60.9 Å². The summed E-state index contributed by atoms with van der Waals surface area (Å²) in [6, 6.07) is 3.55. The molecule has 0 radical (unpaired) electrons. The van der Waals surface area contributed by atoms with Crippen molar-refractivity contribution in [2.45, 2.75) is 32.1 Å². The summed E-state index contributed by atoms with van der Waals surface area (Å²) in [4.78, 5) is 29.3. The van der Waals surface area contributed by atoms with E-state index in [-0.39, 0.29) is 23.8 Å². The van der Waals surface area contributed by atoms with Crippen LogP contribution in [-0.2, 0) is 4.79 Å². The average molecular weight is 371 g/mol. The fraction of sp³-hybridized carbons (Fsp3) is 0.647. The smallest absolute Gasteiger partial charge is 0.263 e. The van der Waals surface area contributed by atoms with Gasteiger partial charge in [-0.15, -0.1) is 11.3 Å². The van der Waals surface area contributed by atoms with Crippen molar-refractivity contribution in [3.8, 4) is 0 Å². The number of nitrogens with zero attached hydrogens (tertiary/aromatic N) is 2. The molecule has 0 bridgehead atoms. The molecule has 1 atom stereocenters. The van der Waals surface area contributed by atoms with E-state index in [4.69, 9.17) is 16.7 Å². The molecule has 2 aliphatic heterocycles. The molecule has 5 nitrogen and oxygen atoms in total. The van der Waals surface area contributed by atoms with Crippen molar-refractivity contribution in [3.63, 3.8) is 0 Å². The van der Waals surface area contributed by atoms with E-state index >= 15 is 0 Å². The summed E-state index contributed by atoms with van der Waals surface area (Å²) in [6.45, 7) is 2.86. The number of halogens is 1. The van der Waals surface area contributed by atoms with Gasteiger partial charge in [0.1, 0.15) is 0 Å². The number of aliphatic hydroxyl groups excluding tert-OH is 1. The van der Waals surface area contributed by atoms with E-state index < -0.39 is 0 Å². The molecule has 24 heavy (non-hydrogen) atoms. The maximum atomic E-state index is 12.7. The van der Waals surface area contributed by atoms with E-state index in [9.17, 15) is 9.59 Å². The molecule has 3 rings (SSSR count). The van der Waals surface area contributed by atoms with Crippen LogP contribution in [0.3, 0.4) is 0 Å². The second-order valence-electron chi connectivity index (χ2n) is 6.83. The van der Waals surface area contributed by atoms with Crippen molar-refractivity contribution in [1.82, 2.24) is 9.80 Å². The number of thiophene rings is 1. The summed E-state index contributed by atoms with van der Waals surface area (Å²) >= 11 is 7.27. The summed E-state index contributed by atoms with van der Waals surface area (Å²) in [5.41, 5.74) is -0.00166. The van der Waals surface area contributed by atoms with Gasteiger partial charge >= 0.3 is 0 Å². The van der Waals surface area contributed by atoms with Gasteiger partial charge in [0.05, 0.1) is 9.21 Å². The molecule has 2 fully saturated rings. The Labute approximate surface area is 151 Å². The highest BCUT2D eigenvalue weighted by Gasteiger charge is 2.42. The molecule has 2 amide bonds. The fourth-order valence-electron chi connectivity index (χ4n) is 3.87. The van der Waals surface area contributed by atoms with Crippen LogP contribution in [0.4, 0.5) is 0 Å². The highest BCUT2D eigenvalue weighted by molar-refractivity contribution is 7.17. The first-order valence-corrected chi connectivity index (χ1v) is 9.66. The number of hydrogen-bond donors (Lipinski definition) is 1. The molecular formula is C17H23ClN2O3S. The number of aliphatic hydroxyl groups is 1. The van der Waals surface area contributed by atoms with Gasteiger partial charge in [-0.2, -0.15) is 0 Å². The van der Waals surface area contributed by atoms with Crippen LogP contribution in [0.1, 0.15) is 41.8 Å². The molecule has 7 heteroatoms. The Morgan fingerprint density at radius 1 is 1.33 bits per heavy atom. The van der Waals surface area contributed by atoms with Gasteiger partial charge < -0.3 is 14.9 Å². The Morgan fingerprint density at radius 3 is 2.88 bits per heavy atom. The van der Waals surface area contributed by atoms with Crippen molar-refractivity contribution in [2.75, 3.05) is 32.8 Å². The summed E-state index contributed by atoms with van der Waals surface area (Å²) in [5.74, 6) is 0.215. The third kappa shape index (κ3) is 3.76. The molecule has 1 N–H and O–H groups in total. The fourth-order valence-corrected chi connectivity index (χ4v) is 4.88. The van der Waals surface area contributed by atoms with E-state index in [2.05, 4.69) is 0 Å². The van der Waals surface area contributed by atoms with E-state index in [1.165, 1.54) is 11.3 Å². The second kappa shape index (κ2) is 7.42. The lowest BCUT2D eigenvalue weighted by atomic mass is 9.73. The lowest BCUT2D eigenvalue weighted by Gasteiger charge is -2.48. The molecule has 2 aliphatic rings. The lowest BCUT2D eigenvalue weighted by Crippen LogP contribution is -2.55. The lowest BCUT2D eigenvalue weighted by molar-refractivity contribution is -0.139. The van der Waals surface area contributed by atoms with Gasteiger partial charge in [0.2, 0.25) is 5.91 Å². The number of rotatable bonds is 4. The van der Waals surface area contributed by atoms with E-state index in [0.29, 0.717) is 41.7 Å². The molecule has 1 aromatic rings. The Balaban J connectivity index is 1.69. The minimum Gasteiger partial charge on any atom is -0.396 e. The summed E-state index contributed by atoms with van der Waals surface area (Å²) < 4.78 is 0.628. The van der Waals surface area contributed by atoms with Crippen molar-refractivity contribution in [2.24, 2.45) is 5.41 Å². The first-order chi connectivity index (χ1) is 11.5. The minimum atomic E-state index is -0.00166. The molecule has 1 spiro atoms. The van der Waals surface area contributed by atoms with Gasteiger partial charge in [0, 0.05) is 44.6 Å². The van der Waals surface area contributed by atoms with Crippen LogP contribution in [0, 0.1) is 5.41 Å². The molecule has 0 unspecified atom stereocenters. The Kier molecular flexibility index (Phi) is 5.47. The predicted molar refractivity (Wildman–Crippen MR) is 94.4 cm³/mol. The van der Waals surface area contributed by atoms with E-state index in [1.807, 2.05) is 9.80 Å². The van der Waals surface area contributed by atoms with Crippen LogP contribution in [0.2, 0.25) is 4.34 Å². The zero-order valence-corrected chi connectivity index (χ0v) is 15.2. The van der Waals surface area contributed by atoms with Crippen molar-refractivity contribution in [1.29, 1.82) is 0 Å². The third-order valence-electron chi connectivity index (χ3n) is 5.07. The number of carbonyl (C=O) groups excluding carboxylic acids is 2. The Morgan fingerprint density at radius 2 is 2.17 bits per heavy atom. The second-order valence-corrected chi connectivity index (χ2v) is 8.54. The van der Waals surface area contributed by atoms with Crippen LogP contribution in [0.5, 0.6) is 0 Å². The van der Waals surface area contributed by atoms with Crippen LogP contribution in [0.25, 0.3) is 0 Å². The number of likely N-dealkylation sites (tertiary alicyclic amines) is 2. The predicted octanol–water partition coefficient (Wildman–Crippen LogP) is 2.63.